The van der Waals surface area contributed by atoms with Gasteiger partial charge < -0.3 is 4.57 Å². The number of hydrogen-bond acceptors (Lipinski definition) is 4. The van der Waals surface area contributed by atoms with Crippen molar-refractivity contribution < 1.29 is 0 Å². The molecule has 0 atom stereocenters. The van der Waals surface area contributed by atoms with Gasteiger partial charge in [0.05, 0.1) is 12.4 Å². The molecule has 0 aromatic carbocycles. The van der Waals surface area contributed by atoms with Crippen LogP contribution in [0.2, 0.25) is 0 Å². The summed E-state index contributed by atoms with van der Waals surface area (Å²) in [7, 11) is 0. The van der Waals surface area contributed by atoms with Gasteiger partial charge >= 0.3 is 0 Å². The highest BCUT2D eigenvalue weighted by Gasteiger charge is 2.08. The third-order valence-corrected chi connectivity index (χ3v) is 1.99. The van der Waals surface area contributed by atoms with Crippen molar-refractivity contribution in [2.45, 2.75) is 25.8 Å². The van der Waals surface area contributed by atoms with Crippen molar-refractivity contribution in [2.75, 3.05) is 0 Å². The van der Waals surface area contributed by atoms with Crippen LogP contribution < -0.4 is 0 Å². The van der Waals surface area contributed by atoms with Gasteiger partial charge in [-0.1, -0.05) is 0 Å². The van der Waals surface area contributed by atoms with E-state index in [-0.39, 0.29) is 5.69 Å². The average Bonchev–Trinajstić information content (AvgIpc) is 2.66. The Balaban J connectivity index is 2.64. The van der Waals surface area contributed by atoms with Crippen LogP contribution in [0.25, 0.3) is 0 Å². The maximum Gasteiger partial charge on any atom is 0.176 e. The van der Waals surface area contributed by atoms with E-state index in [0.717, 1.165) is 12.8 Å². The lowest BCUT2D eigenvalue weighted by atomic mass is 10.2. The molecule has 0 saturated carbocycles. The van der Waals surface area contributed by atoms with Crippen LogP contribution in [-0.4, -0.2) is 9.55 Å². The summed E-state index contributed by atoms with van der Waals surface area (Å²) in [4.78, 5) is 3.82. The van der Waals surface area contributed by atoms with Crippen molar-refractivity contribution in [3.8, 4) is 18.2 Å². The van der Waals surface area contributed by atoms with E-state index >= 15 is 0 Å². The normalized spacial score (nSPS) is 8.87. The Labute approximate surface area is 87.8 Å². The first kappa shape index (κ1) is 10.8. The zero-order valence-electron chi connectivity index (χ0n) is 8.14. The molecule has 1 aromatic heterocycles. The SMILES string of the molecule is N#CCCCCn1cnc(C#N)c1C#N. The molecule has 0 radical (unpaired) electrons. The van der Waals surface area contributed by atoms with Crippen LogP contribution in [0.5, 0.6) is 0 Å². The molecule has 5 heteroatoms. The first-order chi connectivity index (χ1) is 7.33. The van der Waals surface area contributed by atoms with E-state index in [1.165, 1.54) is 6.33 Å². The summed E-state index contributed by atoms with van der Waals surface area (Å²) in [6, 6.07) is 5.87. The molecular weight excluding hydrogens is 190 g/mol. The third kappa shape index (κ3) is 2.56. The minimum Gasteiger partial charge on any atom is -0.321 e. The Hall–Kier alpha value is -2.32. The number of unbranched alkanes of at least 4 members (excludes halogenated alkanes) is 2. The number of nitriles is 3. The Bertz CT molecular complexity index is 452. The standard InChI is InChI=1S/C10H9N5/c11-4-2-1-3-5-15-8-14-9(6-12)10(15)7-13/h8H,1-3,5H2. The molecule has 0 unspecified atom stereocenters. The van der Waals surface area contributed by atoms with Crippen molar-refractivity contribution in [1.82, 2.24) is 9.55 Å². The summed E-state index contributed by atoms with van der Waals surface area (Å²) in [5, 5.41) is 25.8. The van der Waals surface area contributed by atoms with E-state index in [0.29, 0.717) is 18.7 Å². The quantitative estimate of drug-likeness (QED) is 0.684. The molecular formula is C10H9N5. The Morgan fingerprint density at radius 2 is 2.00 bits per heavy atom. The lowest BCUT2D eigenvalue weighted by Crippen LogP contribution is -1.99. The van der Waals surface area contributed by atoms with E-state index in [9.17, 15) is 0 Å². The summed E-state index contributed by atoms with van der Waals surface area (Å²) < 4.78 is 1.65. The fourth-order valence-electron chi connectivity index (χ4n) is 1.24. The van der Waals surface area contributed by atoms with Crippen molar-refractivity contribution in [3.05, 3.63) is 17.7 Å². The molecule has 1 aromatic rings. The zero-order chi connectivity index (χ0) is 11.1. The van der Waals surface area contributed by atoms with Gasteiger partial charge in [-0.2, -0.15) is 15.8 Å². The van der Waals surface area contributed by atoms with Crippen LogP contribution in [0.1, 0.15) is 30.7 Å². The highest BCUT2D eigenvalue weighted by atomic mass is 15.1. The van der Waals surface area contributed by atoms with Gasteiger partial charge in [0.2, 0.25) is 0 Å². The van der Waals surface area contributed by atoms with Crippen molar-refractivity contribution in [3.63, 3.8) is 0 Å². The molecule has 0 saturated heterocycles. The zero-order valence-corrected chi connectivity index (χ0v) is 8.14. The molecule has 0 fully saturated rings. The van der Waals surface area contributed by atoms with E-state index in [2.05, 4.69) is 11.1 Å². The molecule has 74 valence electrons. The monoisotopic (exact) mass is 199 g/mol. The van der Waals surface area contributed by atoms with E-state index in [1.807, 2.05) is 12.1 Å². The van der Waals surface area contributed by atoms with Gasteiger partial charge in [-0.05, 0) is 12.8 Å². The number of hydrogen-bond donors (Lipinski definition) is 0. The van der Waals surface area contributed by atoms with E-state index in [4.69, 9.17) is 15.8 Å². The third-order valence-electron chi connectivity index (χ3n) is 1.99. The number of nitrogens with zero attached hydrogens (tertiary/aromatic N) is 5. The summed E-state index contributed by atoms with van der Waals surface area (Å²) in [5.41, 5.74) is 0.465. The molecule has 0 N–H and O–H groups in total. The summed E-state index contributed by atoms with van der Waals surface area (Å²) in [6.45, 7) is 0.624. The van der Waals surface area contributed by atoms with Crippen molar-refractivity contribution in [1.29, 1.82) is 15.8 Å². The number of rotatable bonds is 4. The topological polar surface area (TPSA) is 89.2 Å². The van der Waals surface area contributed by atoms with Crippen LogP contribution in [0.3, 0.4) is 0 Å². The second-order valence-electron chi connectivity index (χ2n) is 2.97. The Morgan fingerprint density at radius 3 is 2.60 bits per heavy atom. The molecule has 5 nitrogen and oxygen atoms in total. The molecule has 0 aliphatic heterocycles. The number of aryl methyl sites for hydroxylation is 1. The van der Waals surface area contributed by atoms with Gasteiger partial charge in [0.25, 0.3) is 0 Å². The minimum atomic E-state index is 0.165. The second kappa shape index (κ2) is 5.42. The molecule has 0 spiro atoms. The van der Waals surface area contributed by atoms with Crippen LogP contribution in [0, 0.1) is 34.0 Å². The van der Waals surface area contributed by atoms with E-state index < -0.39 is 0 Å². The average molecular weight is 199 g/mol. The molecule has 1 rings (SSSR count). The molecule has 0 bridgehead atoms. The second-order valence-corrected chi connectivity index (χ2v) is 2.97. The van der Waals surface area contributed by atoms with Gasteiger partial charge in [0.1, 0.15) is 12.1 Å². The fraction of sp³-hybridized carbons (Fsp3) is 0.400. The lowest BCUT2D eigenvalue weighted by molar-refractivity contribution is 0.611. The summed E-state index contributed by atoms with van der Waals surface area (Å²) in [6.07, 6.45) is 3.61. The molecule has 15 heavy (non-hydrogen) atoms. The molecule has 0 amide bonds. The highest BCUT2D eigenvalue weighted by Crippen LogP contribution is 2.07. The van der Waals surface area contributed by atoms with Crippen LogP contribution >= 0.6 is 0 Å². The predicted octanol–water partition coefficient (Wildman–Crippen LogP) is 1.32. The maximum atomic E-state index is 8.81. The van der Waals surface area contributed by atoms with Crippen LogP contribution in [0.15, 0.2) is 6.33 Å². The van der Waals surface area contributed by atoms with Crippen molar-refractivity contribution >= 4 is 0 Å². The lowest BCUT2D eigenvalue weighted by Gasteiger charge is -2.01. The minimum absolute atomic E-state index is 0.165. The van der Waals surface area contributed by atoms with Crippen LogP contribution in [0.4, 0.5) is 0 Å². The van der Waals surface area contributed by atoms with Gasteiger partial charge in [0, 0.05) is 13.0 Å². The fourth-order valence-corrected chi connectivity index (χ4v) is 1.24. The highest BCUT2D eigenvalue weighted by molar-refractivity contribution is 5.35. The predicted molar refractivity (Wildman–Crippen MR) is 51.1 cm³/mol. The molecule has 0 aliphatic rings. The van der Waals surface area contributed by atoms with Gasteiger partial charge in [-0.25, -0.2) is 4.98 Å². The van der Waals surface area contributed by atoms with Gasteiger partial charge in [-0.15, -0.1) is 0 Å². The van der Waals surface area contributed by atoms with Gasteiger partial charge in [-0.3, -0.25) is 0 Å². The van der Waals surface area contributed by atoms with Gasteiger partial charge in [0.15, 0.2) is 11.4 Å². The first-order valence-electron chi connectivity index (χ1n) is 4.55. The maximum absolute atomic E-state index is 8.81. The number of imidazole rings is 1. The van der Waals surface area contributed by atoms with Crippen LogP contribution in [-0.2, 0) is 6.54 Å². The summed E-state index contributed by atoms with van der Waals surface area (Å²) in [5.74, 6) is 0. The smallest absolute Gasteiger partial charge is 0.176 e. The Morgan fingerprint density at radius 1 is 1.20 bits per heavy atom. The Kier molecular flexibility index (Phi) is 3.89. The van der Waals surface area contributed by atoms with E-state index in [1.54, 1.807) is 4.57 Å². The first-order valence-corrected chi connectivity index (χ1v) is 4.55. The summed E-state index contributed by atoms with van der Waals surface area (Å²) >= 11 is 0. The molecule has 0 aliphatic carbocycles. The van der Waals surface area contributed by atoms with Crippen molar-refractivity contribution in [2.24, 2.45) is 0 Å². The molecule has 1 heterocycles. The number of aromatic nitrogens is 2. The largest absolute Gasteiger partial charge is 0.321 e.